The van der Waals surface area contributed by atoms with Gasteiger partial charge in [0.05, 0.1) is 10.5 Å². The van der Waals surface area contributed by atoms with Gasteiger partial charge in [0.2, 0.25) is 10.0 Å². The zero-order valence-corrected chi connectivity index (χ0v) is 14.3. The third-order valence-electron chi connectivity index (χ3n) is 3.25. The molecule has 0 atom stereocenters. The van der Waals surface area contributed by atoms with E-state index in [1.807, 2.05) is 30.3 Å². The molecule has 24 heavy (non-hydrogen) atoms. The third kappa shape index (κ3) is 4.56. The van der Waals surface area contributed by atoms with Crippen LogP contribution in [0.3, 0.4) is 0 Å². The smallest absolute Gasteiger partial charge is 0.337 e. The van der Waals surface area contributed by atoms with Gasteiger partial charge in [0.15, 0.2) is 0 Å². The van der Waals surface area contributed by atoms with Crippen molar-refractivity contribution in [2.45, 2.75) is 31.3 Å². The second-order valence-electron chi connectivity index (χ2n) is 5.63. The van der Waals surface area contributed by atoms with E-state index < -0.39 is 16.0 Å². The van der Waals surface area contributed by atoms with Crippen LogP contribution in [0.5, 0.6) is 0 Å². The monoisotopic (exact) mass is 348 g/mol. The van der Waals surface area contributed by atoms with Gasteiger partial charge in [0.25, 0.3) is 0 Å². The fraction of sp³-hybridized carbons (Fsp3) is 0.235. The van der Waals surface area contributed by atoms with Gasteiger partial charge in [-0.2, -0.15) is 0 Å². The van der Waals surface area contributed by atoms with Crippen LogP contribution in [0.25, 0.3) is 0 Å². The van der Waals surface area contributed by atoms with Crippen LogP contribution in [-0.4, -0.2) is 25.5 Å². The summed E-state index contributed by atoms with van der Waals surface area (Å²) in [6, 6.07) is 13.3. The molecule has 2 aromatic rings. The van der Waals surface area contributed by atoms with E-state index in [1.165, 1.54) is 18.2 Å². The summed E-state index contributed by atoms with van der Waals surface area (Å²) in [5.74, 6) is -1.19. The van der Waals surface area contributed by atoms with Crippen LogP contribution in [0.15, 0.2) is 53.4 Å². The first-order valence-electron chi connectivity index (χ1n) is 7.47. The Bertz CT molecular complexity index is 818. The number of carboxylic acids is 1. The predicted molar refractivity (Wildman–Crippen MR) is 92.6 cm³/mol. The molecule has 0 saturated carbocycles. The molecular formula is C17H20N2O4S. The van der Waals surface area contributed by atoms with Crippen molar-refractivity contribution < 1.29 is 18.3 Å². The average molecular weight is 348 g/mol. The van der Waals surface area contributed by atoms with E-state index in [0.29, 0.717) is 12.2 Å². The van der Waals surface area contributed by atoms with Crippen LogP contribution < -0.4 is 10.0 Å². The van der Waals surface area contributed by atoms with E-state index in [4.69, 9.17) is 0 Å². The molecule has 0 heterocycles. The summed E-state index contributed by atoms with van der Waals surface area (Å²) in [5, 5.41) is 12.4. The summed E-state index contributed by atoms with van der Waals surface area (Å²) in [5.41, 5.74) is 1.28. The lowest BCUT2D eigenvalue weighted by Gasteiger charge is -2.13. The zero-order chi connectivity index (χ0) is 17.7. The number of nitrogens with one attached hydrogen (secondary N) is 2. The Labute approximate surface area is 141 Å². The van der Waals surface area contributed by atoms with E-state index in [9.17, 15) is 18.3 Å². The lowest BCUT2D eigenvalue weighted by molar-refractivity contribution is 0.0697. The minimum Gasteiger partial charge on any atom is -0.478 e. The standard InChI is InChI=1S/C17H20N2O4S/c1-12(2)19-24(22,23)14-8-9-16(15(10-14)17(20)21)18-11-13-6-4-3-5-7-13/h3-10,12,18-19H,11H2,1-2H3,(H,20,21). The Balaban J connectivity index is 2.29. The zero-order valence-electron chi connectivity index (χ0n) is 13.5. The third-order valence-corrected chi connectivity index (χ3v) is 4.90. The highest BCUT2D eigenvalue weighted by atomic mass is 32.2. The second kappa shape index (κ2) is 7.46. The molecule has 0 aliphatic carbocycles. The highest BCUT2D eigenvalue weighted by molar-refractivity contribution is 7.89. The molecule has 0 amide bonds. The topological polar surface area (TPSA) is 95.5 Å². The van der Waals surface area contributed by atoms with Gasteiger partial charge >= 0.3 is 5.97 Å². The van der Waals surface area contributed by atoms with Crippen LogP contribution in [0.1, 0.15) is 29.8 Å². The summed E-state index contributed by atoms with van der Waals surface area (Å²) < 4.78 is 26.8. The maximum absolute atomic E-state index is 12.2. The van der Waals surface area contributed by atoms with E-state index in [0.717, 1.165) is 5.56 Å². The summed E-state index contributed by atoms with van der Waals surface area (Å²) in [4.78, 5) is 11.4. The summed E-state index contributed by atoms with van der Waals surface area (Å²) in [6.07, 6.45) is 0. The molecule has 0 bridgehead atoms. The van der Waals surface area contributed by atoms with Crippen molar-refractivity contribution in [3.05, 3.63) is 59.7 Å². The van der Waals surface area contributed by atoms with Gasteiger partial charge in [-0.1, -0.05) is 30.3 Å². The van der Waals surface area contributed by atoms with Crippen molar-refractivity contribution >= 4 is 21.7 Å². The van der Waals surface area contributed by atoms with Gasteiger partial charge in [-0.25, -0.2) is 17.9 Å². The Morgan fingerprint density at radius 1 is 1.12 bits per heavy atom. The van der Waals surface area contributed by atoms with Crippen molar-refractivity contribution in [3.8, 4) is 0 Å². The highest BCUT2D eigenvalue weighted by Gasteiger charge is 2.19. The summed E-state index contributed by atoms with van der Waals surface area (Å²) in [7, 11) is -3.74. The molecule has 3 N–H and O–H groups in total. The molecule has 2 aromatic carbocycles. The number of benzene rings is 2. The van der Waals surface area contributed by atoms with Crippen molar-refractivity contribution in [1.29, 1.82) is 0 Å². The van der Waals surface area contributed by atoms with E-state index in [2.05, 4.69) is 10.0 Å². The molecule has 128 valence electrons. The van der Waals surface area contributed by atoms with Crippen molar-refractivity contribution in [3.63, 3.8) is 0 Å². The van der Waals surface area contributed by atoms with Gasteiger partial charge in [-0.3, -0.25) is 0 Å². The van der Waals surface area contributed by atoms with Gasteiger partial charge in [0, 0.05) is 18.3 Å². The minimum atomic E-state index is -3.74. The maximum Gasteiger partial charge on any atom is 0.337 e. The number of anilines is 1. The minimum absolute atomic E-state index is 0.0705. The predicted octanol–water partition coefficient (Wildman–Crippen LogP) is 2.68. The molecule has 0 aliphatic heterocycles. The van der Waals surface area contributed by atoms with E-state index >= 15 is 0 Å². The number of rotatable bonds is 7. The molecule has 6 nitrogen and oxygen atoms in total. The van der Waals surface area contributed by atoms with Crippen LogP contribution in [0.2, 0.25) is 0 Å². The fourth-order valence-electron chi connectivity index (χ4n) is 2.19. The lowest BCUT2D eigenvalue weighted by atomic mass is 10.1. The number of carboxylic acid groups (broad SMARTS) is 1. The largest absolute Gasteiger partial charge is 0.478 e. The summed E-state index contributed by atoms with van der Waals surface area (Å²) >= 11 is 0. The average Bonchev–Trinajstić information content (AvgIpc) is 2.52. The molecule has 0 saturated heterocycles. The van der Waals surface area contributed by atoms with Gasteiger partial charge in [-0.05, 0) is 37.6 Å². The first-order valence-corrected chi connectivity index (χ1v) is 8.95. The normalized spacial score (nSPS) is 11.5. The first-order chi connectivity index (χ1) is 11.3. The maximum atomic E-state index is 12.2. The Kier molecular flexibility index (Phi) is 5.58. The molecule has 7 heteroatoms. The Morgan fingerprint density at radius 3 is 2.38 bits per heavy atom. The lowest BCUT2D eigenvalue weighted by Crippen LogP contribution is -2.30. The molecule has 0 unspecified atom stereocenters. The molecule has 0 spiro atoms. The first kappa shape index (κ1) is 18.0. The van der Waals surface area contributed by atoms with Crippen molar-refractivity contribution in [2.75, 3.05) is 5.32 Å². The Hall–Kier alpha value is -2.38. The van der Waals surface area contributed by atoms with Crippen LogP contribution >= 0.6 is 0 Å². The van der Waals surface area contributed by atoms with Crippen molar-refractivity contribution in [2.24, 2.45) is 0 Å². The summed E-state index contributed by atoms with van der Waals surface area (Å²) in [6.45, 7) is 3.84. The Morgan fingerprint density at radius 2 is 1.79 bits per heavy atom. The molecular weight excluding hydrogens is 328 g/mol. The molecule has 0 fully saturated rings. The number of hydrogen-bond acceptors (Lipinski definition) is 4. The molecule has 0 aliphatic rings. The van der Waals surface area contributed by atoms with Crippen molar-refractivity contribution in [1.82, 2.24) is 4.72 Å². The number of aromatic carboxylic acids is 1. The number of sulfonamides is 1. The van der Waals surface area contributed by atoms with Crippen LogP contribution in [0, 0.1) is 0 Å². The molecule has 0 aromatic heterocycles. The number of carbonyl (C=O) groups is 1. The SMILES string of the molecule is CC(C)NS(=O)(=O)c1ccc(NCc2ccccc2)c(C(=O)O)c1. The fourth-order valence-corrected chi connectivity index (χ4v) is 3.47. The quantitative estimate of drug-likeness (QED) is 0.715. The highest BCUT2D eigenvalue weighted by Crippen LogP contribution is 2.21. The van der Waals surface area contributed by atoms with Gasteiger partial charge < -0.3 is 10.4 Å². The van der Waals surface area contributed by atoms with Crippen LogP contribution in [-0.2, 0) is 16.6 Å². The molecule has 2 rings (SSSR count). The van der Waals surface area contributed by atoms with Gasteiger partial charge in [0.1, 0.15) is 0 Å². The van der Waals surface area contributed by atoms with E-state index in [1.54, 1.807) is 13.8 Å². The van der Waals surface area contributed by atoms with E-state index in [-0.39, 0.29) is 16.5 Å². The number of hydrogen-bond donors (Lipinski definition) is 3. The second-order valence-corrected chi connectivity index (χ2v) is 7.34. The van der Waals surface area contributed by atoms with Crippen LogP contribution in [0.4, 0.5) is 5.69 Å². The molecule has 0 radical (unpaired) electrons. The van der Waals surface area contributed by atoms with Gasteiger partial charge in [-0.15, -0.1) is 0 Å².